The molecule has 0 radical (unpaired) electrons. The van der Waals surface area contributed by atoms with Gasteiger partial charge < -0.3 is 15.5 Å². The van der Waals surface area contributed by atoms with Gasteiger partial charge in [0.25, 0.3) is 0 Å². The molecular formula is C11H21NO3. The maximum Gasteiger partial charge on any atom is 0.303 e. The number of rotatable bonds is 8. The van der Waals surface area contributed by atoms with Gasteiger partial charge in [0.05, 0.1) is 6.10 Å². The van der Waals surface area contributed by atoms with Crippen LogP contribution in [0.25, 0.3) is 0 Å². The number of carboxylic acid groups (broad SMARTS) is 1. The molecule has 0 aromatic carbocycles. The molecule has 1 saturated carbocycles. The van der Waals surface area contributed by atoms with E-state index in [4.69, 9.17) is 10.2 Å². The molecule has 0 aromatic rings. The van der Waals surface area contributed by atoms with E-state index < -0.39 is 5.97 Å². The van der Waals surface area contributed by atoms with Crippen LogP contribution in [0.15, 0.2) is 0 Å². The lowest BCUT2D eigenvalue weighted by Gasteiger charge is -2.31. The lowest BCUT2D eigenvalue weighted by atomic mass is 9.82. The molecule has 1 aliphatic carbocycles. The van der Waals surface area contributed by atoms with Gasteiger partial charge in [-0.05, 0) is 44.7 Å². The summed E-state index contributed by atoms with van der Waals surface area (Å²) in [6, 6.07) is 0. The Labute approximate surface area is 90.7 Å². The Kier molecular flexibility index (Phi) is 5.65. The third kappa shape index (κ3) is 5.74. The quantitative estimate of drug-likeness (QED) is 0.528. The van der Waals surface area contributed by atoms with E-state index in [9.17, 15) is 4.79 Å². The lowest BCUT2D eigenvalue weighted by molar-refractivity contribution is -0.137. The van der Waals surface area contributed by atoms with E-state index in [2.05, 4.69) is 5.32 Å². The average molecular weight is 215 g/mol. The molecule has 0 bridgehead atoms. The third-order valence-corrected chi connectivity index (χ3v) is 2.89. The fourth-order valence-corrected chi connectivity index (χ4v) is 1.88. The summed E-state index contributed by atoms with van der Waals surface area (Å²) in [5.74, 6) is -0.0505. The van der Waals surface area contributed by atoms with Gasteiger partial charge in [-0.25, -0.2) is 0 Å². The average Bonchev–Trinajstić information content (AvgIpc) is 2.12. The van der Waals surface area contributed by atoms with Crippen LogP contribution in [0.3, 0.4) is 0 Å². The Bertz CT molecular complexity index is 190. The molecule has 3 N–H and O–H groups in total. The second-order valence-electron chi connectivity index (χ2n) is 4.40. The van der Waals surface area contributed by atoms with Gasteiger partial charge >= 0.3 is 5.97 Å². The van der Waals surface area contributed by atoms with Crippen molar-refractivity contribution in [3.8, 4) is 0 Å². The summed E-state index contributed by atoms with van der Waals surface area (Å²) in [7, 11) is 0. The zero-order chi connectivity index (χ0) is 11.1. The van der Waals surface area contributed by atoms with Gasteiger partial charge in [-0.1, -0.05) is 6.42 Å². The minimum atomic E-state index is -0.702. The van der Waals surface area contributed by atoms with Crippen molar-refractivity contribution in [2.45, 2.75) is 44.6 Å². The first-order valence-corrected chi connectivity index (χ1v) is 5.79. The van der Waals surface area contributed by atoms with Crippen molar-refractivity contribution >= 4 is 5.97 Å². The van der Waals surface area contributed by atoms with Crippen LogP contribution in [0.4, 0.5) is 0 Å². The maximum atomic E-state index is 10.2. The van der Waals surface area contributed by atoms with Gasteiger partial charge in [-0.3, -0.25) is 4.79 Å². The van der Waals surface area contributed by atoms with Crippen LogP contribution in [0.1, 0.15) is 38.5 Å². The largest absolute Gasteiger partial charge is 0.481 e. The van der Waals surface area contributed by atoms with E-state index in [1.54, 1.807) is 0 Å². The Morgan fingerprint density at radius 3 is 2.60 bits per heavy atom. The molecule has 1 aliphatic rings. The molecule has 0 aromatic heterocycles. The summed E-state index contributed by atoms with van der Waals surface area (Å²) < 4.78 is 0. The number of carboxylic acids is 1. The fraction of sp³-hybridized carbons (Fsp3) is 0.909. The minimum Gasteiger partial charge on any atom is -0.481 e. The summed E-state index contributed by atoms with van der Waals surface area (Å²) in [6.45, 7) is 1.96. The molecule has 0 heterocycles. The first-order valence-electron chi connectivity index (χ1n) is 5.79. The van der Waals surface area contributed by atoms with Crippen molar-refractivity contribution in [3.05, 3.63) is 0 Å². The Morgan fingerprint density at radius 2 is 2.00 bits per heavy atom. The van der Waals surface area contributed by atoms with Gasteiger partial charge in [0, 0.05) is 6.42 Å². The highest BCUT2D eigenvalue weighted by Crippen LogP contribution is 2.25. The van der Waals surface area contributed by atoms with Gasteiger partial charge in [-0.15, -0.1) is 0 Å². The number of hydrogen-bond donors (Lipinski definition) is 3. The van der Waals surface area contributed by atoms with Crippen LogP contribution < -0.4 is 5.32 Å². The number of hydrogen-bond acceptors (Lipinski definition) is 3. The van der Waals surface area contributed by atoms with Crippen molar-refractivity contribution in [2.24, 2.45) is 5.92 Å². The van der Waals surface area contributed by atoms with E-state index >= 15 is 0 Å². The molecule has 15 heavy (non-hydrogen) atoms. The normalized spacial score (nSPS) is 24.9. The highest BCUT2D eigenvalue weighted by atomic mass is 16.4. The van der Waals surface area contributed by atoms with E-state index in [-0.39, 0.29) is 12.5 Å². The van der Waals surface area contributed by atoms with Crippen LogP contribution in [-0.4, -0.2) is 35.4 Å². The number of carbonyl (C=O) groups is 1. The minimum absolute atomic E-state index is 0.0626. The van der Waals surface area contributed by atoms with Crippen molar-refractivity contribution in [2.75, 3.05) is 13.1 Å². The molecule has 0 amide bonds. The Balaban J connectivity index is 1.75. The highest BCUT2D eigenvalue weighted by Gasteiger charge is 2.26. The summed E-state index contributed by atoms with van der Waals surface area (Å²) in [4.78, 5) is 10.2. The summed E-state index contributed by atoms with van der Waals surface area (Å²) in [5.41, 5.74) is 0. The molecule has 0 aliphatic heterocycles. The fourth-order valence-electron chi connectivity index (χ4n) is 1.88. The number of aliphatic carboxylic acids is 1. The topological polar surface area (TPSA) is 69.6 Å². The SMILES string of the molecule is O=C(O)CCCCCNCC1CC(O)C1. The van der Waals surface area contributed by atoms with Crippen LogP contribution in [-0.2, 0) is 4.79 Å². The van der Waals surface area contributed by atoms with E-state index in [0.717, 1.165) is 45.2 Å². The zero-order valence-corrected chi connectivity index (χ0v) is 9.11. The van der Waals surface area contributed by atoms with Crippen molar-refractivity contribution in [1.82, 2.24) is 5.32 Å². The lowest BCUT2D eigenvalue weighted by Crippen LogP contribution is -2.36. The number of nitrogens with one attached hydrogen (secondary N) is 1. The molecule has 1 fully saturated rings. The summed E-state index contributed by atoms with van der Waals surface area (Å²) >= 11 is 0. The smallest absolute Gasteiger partial charge is 0.303 e. The summed E-state index contributed by atoms with van der Waals surface area (Å²) in [5, 5.41) is 20.8. The first kappa shape index (κ1) is 12.5. The van der Waals surface area contributed by atoms with Crippen molar-refractivity contribution in [3.63, 3.8) is 0 Å². The molecule has 0 atom stereocenters. The maximum absolute atomic E-state index is 10.2. The molecule has 4 nitrogen and oxygen atoms in total. The number of unbranched alkanes of at least 4 members (excludes halogenated alkanes) is 2. The van der Waals surface area contributed by atoms with E-state index in [1.807, 2.05) is 0 Å². The molecule has 0 unspecified atom stereocenters. The van der Waals surface area contributed by atoms with Crippen molar-refractivity contribution in [1.29, 1.82) is 0 Å². The number of aliphatic hydroxyl groups excluding tert-OH is 1. The van der Waals surface area contributed by atoms with Gasteiger partial charge in [0.2, 0.25) is 0 Å². The van der Waals surface area contributed by atoms with Gasteiger partial charge in [0.15, 0.2) is 0 Å². The molecule has 0 spiro atoms. The number of aliphatic hydroxyl groups is 1. The van der Waals surface area contributed by atoms with Gasteiger partial charge in [-0.2, -0.15) is 0 Å². The van der Waals surface area contributed by atoms with E-state index in [0.29, 0.717) is 5.92 Å². The predicted octanol–water partition coefficient (Wildman–Crippen LogP) is 0.992. The Hall–Kier alpha value is -0.610. The highest BCUT2D eigenvalue weighted by molar-refractivity contribution is 5.66. The van der Waals surface area contributed by atoms with Crippen LogP contribution in [0.2, 0.25) is 0 Å². The second kappa shape index (κ2) is 6.80. The predicted molar refractivity (Wildman–Crippen MR) is 57.7 cm³/mol. The van der Waals surface area contributed by atoms with Crippen LogP contribution in [0.5, 0.6) is 0 Å². The zero-order valence-electron chi connectivity index (χ0n) is 9.11. The van der Waals surface area contributed by atoms with Crippen LogP contribution in [0, 0.1) is 5.92 Å². The molecular weight excluding hydrogens is 194 g/mol. The monoisotopic (exact) mass is 215 g/mol. The van der Waals surface area contributed by atoms with Gasteiger partial charge in [0.1, 0.15) is 0 Å². The second-order valence-corrected chi connectivity index (χ2v) is 4.40. The molecule has 4 heteroatoms. The van der Waals surface area contributed by atoms with E-state index in [1.165, 1.54) is 0 Å². The first-order chi connectivity index (χ1) is 7.18. The summed E-state index contributed by atoms with van der Waals surface area (Å²) in [6.07, 6.45) is 4.90. The third-order valence-electron chi connectivity index (χ3n) is 2.89. The van der Waals surface area contributed by atoms with Crippen LogP contribution >= 0.6 is 0 Å². The molecule has 88 valence electrons. The molecule has 1 rings (SSSR count). The Morgan fingerprint density at radius 1 is 1.27 bits per heavy atom. The standard InChI is InChI=1S/C11H21NO3/c13-10-6-9(7-10)8-12-5-3-1-2-4-11(14)15/h9-10,12-13H,1-8H2,(H,14,15). The molecule has 0 saturated heterocycles. The van der Waals surface area contributed by atoms with Crippen molar-refractivity contribution < 1.29 is 15.0 Å².